The molecule has 1 unspecified atom stereocenters. The number of hydrogen-bond acceptors (Lipinski definition) is 5. The number of hydrogen-bond donors (Lipinski definition) is 0. The van der Waals surface area contributed by atoms with E-state index in [-0.39, 0.29) is 5.91 Å². The number of ether oxygens (including phenoxy) is 1. The molecule has 1 amide bonds. The fourth-order valence-corrected chi connectivity index (χ4v) is 5.52. The van der Waals surface area contributed by atoms with Gasteiger partial charge in [-0.2, -0.15) is 0 Å². The molecule has 3 aliphatic rings. The minimum absolute atomic E-state index is 0.110. The van der Waals surface area contributed by atoms with Crippen LogP contribution in [0.5, 0.6) is 0 Å². The van der Waals surface area contributed by atoms with E-state index in [2.05, 4.69) is 33.8 Å². The van der Waals surface area contributed by atoms with Gasteiger partial charge in [0.1, 0.15) is 5.65 Å². The third-order valence-electron chi connectivity index (χ3n) is 7.19. The highest BCUT2D eigenvalue weighted by Gasteiger charge is 2.30. The Hall–Kier alpha value is -3.32. The van der Waals surface area contributed by atoms with Crippen LogP contribution in [0, 0.1) is 5.92 Å². The molecule has 7 nitrogen and oxygen atoms in total. The maximum Gasteiger partial charge on any atom is 0.228 e. The van der Waals surface area contributed by atoms with Crippen molar-refractivity contribution in [2.75, 3.05) is 32.8 Å². The van der Waals surface area contributed by atoms with Crippen molar-refractivity contribution in [1.29, 1.82) is 0 Å². The molecule has 3 aromatic rings. The first kappa shape index (κ1) is 21.2. The van der Waals surface area contributed by atoms with Crippen molar-refractivity contribution in [3.63, 3.8) is 0 Å². The lowest BCUT2D eigenvalue weighted by Gasteiger charge is -2.26. The number of aliphatic imine (C=N–C) groups is 1. The van der Waals surface area contributed by atoms with Crippen molar-refractivity contribution in [2.24, 2.45) is 10.9 Å². The van der Waals surface area contributed by atoms with Crippen LogP contribution in [0.3, 0.4) is 0 Å². The van der Waals surface area contributed by atoms with Gasteiger partial charge in [-0.05, 0) is 55.9 Å². The predicted molar refractivity (Wildman–Crippen MR) is 131 cm³/mol. The first-order chi connectivity index (χ1) is 16.8. The first-order valence-corrected chi connectivity index (χ1v) is 12.3. The minimum atomic E-state index is 0.110. The van der Waals surface area contributed by atoms with Crippen LogP contribution in [0.4, 0.5) is 0 Å². The number of pyridine rings is 2. The van der Waals surface area contributed by atoms with Crippen LogP contribution < -0.4 is 0 Å². The van der Waals surface area contributed by atoms with Crippen molar-refractivity contribution in [1.82, 2.24) is 19.3 Å². The van der Waals surface area contributed by atoms with Crippen molar-refractivity contribution < 1.29 is 9.53 Å². The second-order valence-corrected chi connectivity index (χ2v) is 9.31. The number of fused-ring (bicyclic) bond motifs is 2. The summed E-state index contributed by atoms with van der Waals surface area (Å²) < 4.78 is 7.42. The minimum Gasteiger partial charge on any atom is -0.378 e. The topological polar surface area (TPSA) is 72.1 Å². The van der Waals surface area contributed by atoms with Gasteiger partial charge >= 0.3 is 0 Å². The fraction of sp³-hybridized carbons (Fsp3) is 0.407. The van der Waals surface area contributed by atoms with Crippen LogP contribution in [-0.2, 0) is 16.0 Å². The molecule has 0 bridgehead atoms. The molecule has 1 saturated carbocycles. The third kappa shape index (κ3) is 4.05. The number of rotatable bonds is 4. The van der Waals surface area contributed by atoms with E-state index in [1.165, 1.54) is 24.0 Å². The van der Waals surface area contributed by atoms with Crippen LogP contribution in [-0.4, -0.2) is 63.7 Å². The van der Waals surface area contributed by atoms with Crippen LogP contribution in [0.2, 0.25) is 0 Å². The van der Waals surface area contributed by atoms with Gasteiger partial charge in [0.15, 0.2) is 0 Å². The van der Waals surface area contributed by atoms with Gasteiger partial charge in [-0.3, -0.25) is 14.8 Å². The van der Waals surface area contributed by atoms with Gasteiger partial charge in [-0.25, -0.2) is 4.98 Å². The van der Waals surface area contributed by atoms with Crippen molar-refractivity contribution in [3.8, 4) is 0 Å². The Kier molecular flexibility index (Phi) is 5.71. The highest BCUT2D eigenvalue weighted by Crippen LogP contribution is 2.41. The number of aromatic nitrogens is 3. The summed E-state index contributed by atoms with van der Waals surface area (Å²) >= 11 is 0. The van der Waals surface area contributed by atoms with Gasteiger partial charge in [0.25, 0.3) is 0 Å². The predicted octanol–water partition coefficient (Wildman–Crippen LogP) is 3.58. The Labute approximate surface area is 199 Å². The smallest absolute Gasteiger partial charge is 0.228 e. The molecule has 174 valence electrons. The van der Waals surface area contributed by atoms with E-state index in [1.807, 2.05) is 29.4 Å². The highest BCUT2D eigenvalue weighted by atomic mass is 16.5. The molecular weight excluding hydrogens is 426 g/mol. The zero-order valence-electron chi connectivity index (χ0n) is 19.3. The van der Waals surface area contributed by atoms with E-state index < -0.39 is 0 Å². The summed E-state index contributed by atoms with van der Waals surface area (Å²) in [5, 5.41) is 0. The molecule has 2 fully saturated rings. The molecule has 7 heteroatoms. The van der Waals surface area contributed by atoms with E-state index in [4.69, 9.17) is 14.7 Å². The Morgan fingerprint density at radius 3 is 2.85 bits per heavy atom. The molecule has 0 spiro atoms. The van der Waals surface area contributed by atoms with Crippen LogP contribution in [0.1, 0.15) is 42.6 Å². The van der Waals surface area contributed by atoms with Crippen molar-refractivity contribution in [3.05, 3.63) is 71.4 Å². The molecule has 0 aromatic carbocycles. The van der Waals surface area contributed by atoms with Gasteiger partial charge in [-0.15, -0.1) is 0 Å². The molecule has 1 aliphatic carbocycles. The number of carbonyl (C=O) groups excluding carboxylic acids is 1. The Morgan fingerprint density at radius 1 is 1.09 bits per heavy atom. The quantitative estimate of drug-likeness (QED) is 0.603. The van der Waals surface area contributed by atoms with E-state index in [0.717, 1.165) is 47.7 Å². The lowest BCUT2D eigenvalue weighted by Crippen LogP contribution is -2.41. The molecule has 0 N–H and O–H groups in total. The molecule has 2 aliphatic heterocycles. The summed E-state index contributed by atoms with van der Waals surface area (Å²) in [6, 6.07) is 10.2. The van der Waals surface area contributed by atoms with Crippen LogP contribution in [0.25, 0.3) is 11.2 Å². The monoisotopic (exact) mass is 455 g/mol. The summed E-state index contributed by atoms with van der Waals surface area (Å²) in [6.07, 6.45) is 11.0. The SMILES string of the molecule is O=C(Cc1cn2cc(C3=C4CCCC4CCN=C3c3ccccn3)ccc2n1)N1CCOCC1. The molecule has 34 heavy (non-hydrogen) atoms. The molecule has 6 rings (SSSR count). The maximum atomic E-state index is 12.7. The number of nitrogens with zero attached hydrogens (tertiary/aromatic N) is 5. The Morgan fingerprint density at radius 2 is 2.00 bits per heavy atom. The molecule has 3 aromatic heterocycles. The summed E-state index contributed by atoms with van der Waals surface area (Å²) in [5.74, 6) is 0.708. The zero-order valence-corrected chi connectivity index (χ0v) is 19.3. The number of carbonyl (C=O) groups is 1. The van der Waals surface area contributed by atoms with E-state index in [0.29, 0.717) is 38.6 Å². The normalized spacial score (nSPS) is 20.9. The fourth-order valence-electron chi connectivity index (χ4n) is 5.52. The molecule has 1 saturated heterocycles. The zero-order chi connectivity index (χ0) is 22.9. The lowest BCUT2D eigenvalue weighted by molar-refractivity contribution is -0.134. The molecule has 5 heterocycles. The molecular formula is C27H29N5O2. The van der Waals surface area contributed by atoms with Gasteiger partial charge < -0.3 is 14.0 Å². The van der Waals surface area contributed by atoms with Crippen molar-refractivity contribution in [2.45, 2.75) is 32.1 Å². The largest absolute Gasteiger partial charge is 0.378 e. The summed E-state index contributed by atoms with van der Waals surface area (Å²) in [6.45, 7) is 3.37. The van der Waals surface area contributed by atoms with Crippen molar-refractivity contribution >= 4 is 22.8 Å². The Bertz CT molecular complexity index is 1270. The van der Waals surface area contributed by atoms with Crippen LogP contribution >= 0.6 is 0 Å². The van der Waals surface area contributed by atoms with Gasteiger partial charge in [0, 0.05) is 49.4 Å². The number of allylic oxidation sites excluding steroid dienone is 2. The van der Waals surface area contributed by atoms with Gasteiger partial charge in [0.05, 0.1) is 36.7 Å². The van der Waals surface area contributed by atoms with Gasteiger partial charge in [-0.1, -0.05) is 11.6 Å². The van der Waals surface area contributed by atoms with Crippen LogP contribution in [0.15, 0.2) is 59.5 Å². The third-order valence-corrected chi connectivity index (χ3v) is 7.19. The summed E-state index contributed by atoms with van der Waals surface area (Å²) in [5.41, 5.74) is 7.48. The summed E-state index contributed by atoms with van der Waals surface area (Å²) in [4.78, 5) is 29.0. The standard InChI is InChI=1S/C27H29N5O2/c33-25(31-12-14-34-15-13-31)16-21-18-32-17-20(7-8-24(32)30-21)26-22-5-3-4-19(22)9-11-29-27(26)23-6-1-2-10-28-23/h1-2,6-8,10,17-19H,3-5,9,11-16H2. The van der Waals surface area contributed by atoms with E-state index in [9.17, 15) is 4.79 Å². The number of imidazole rings is 1. The van der Waals surface area contributed by atoms with Gasteiger partial charge in [0.2, 0.25) is 5.91 Å². The summed E-state index contributed by atoms with van der Waals surface area (Å²) in [7, 11) is 0. The molecule has 1 atom stereocenters. The Balaban J connectivity index is 1.36. The number of morpholine rings is 1. The average molecular weight is 456 g/mol. The second-order valence-electron chi connectivity index (χ2n) is 9.31. The van der Waals surface area contributed by atoms with E-state index in [1.54, 1.807) is 0 Å². The highest BCUT2D eigenvalue weighted by molar-refractivity contribution is 6.32. The average Bonchev–Trinajstić information content (AvgIpc) is 3.46. The van der Waals surface area contributed by atoms with E-state index >= 15 is 0 Å². The number of amides is 1. The lowest BCUT2D eigenvalue weighted by atomic mass is 9.89. The molecule has 0 radical (unpaired) electrons. The first-order valence-electron chi connectivity index (χ1n) is 12.3. The maximum absolute atomic E-state index is 12.7. The second kappa shape index (κ2) is 9.14.